The molecule has 0 bridgehead atoms. The predicted octanol–water partition coefficient (Wildman–Crippen LogP) is 5.31. The molecule has 0 amide bonds. The maximum Gasteiger partial charge on any atom is 0.343 e. The second-order valence-electron chi connectivity index (χ2n) is 7.08. The monoisotopic (exact) mass is 398 g/mol. The fourth-order valence-corrected chi connectivity index (χ4v) is 4.44. The lowest BCUT2D eigenvalue weighted by Gasteiger charge is -2.19. The van der Waals surface area contributed by atoms with Crippen LogP contribution < -0.4 is 5.63 Å². The number of phenolic OH excluding ortho intramolecular Hbond substituents is 1. The van der Waals surface area contributed by atoms with E-state index in [0.717, 1.165) is 16.9 Å². The van der Waals surface area contributed by atoms with Gasteiger partial charge in [0.15, 0.2) is 0 Å². The zero-order valence-corrected chi connectivity index (χ0v) is 17.3. The van der Waals surface area contributed by atoms with E-state index in [1.54, 1.807) is 23.5 Å². The van der Waals surface area contributed by atoms with E-state index in [2.05, 4.69) is 0 Å². The molecular weight excluding hydrogens is 372 g/mol. The molecule has 0 saturated carbocycles. The third-order valence-electron chi connectivity index (χ3n) is 5.10. The SMILES string of the molecule is CCc1c(C(CC)Cc2ccc(O)cc2)oc(=O)c(Cc2ccc(C)s2)c1O. The van der Waals surface area contributed by atoms with Gasteiger partial charge in [0.2, 0.25) is 0 Å². The summed E-state index contributed by atoms with van der Waals surface area (Å²) in [4.78, 5) is 14.9. The molecule has 0 aliphatic heterocycles. The summed E-state index contributed by atoms with van der Waals surface area (Å²) in [5.41, 5.74) is 1.64. The lowest BCUT2D eigenvalue weighted by molar-refractivity contribution is 0.377. The first kappa shape index (κ1) is 20.2. The van der Waals surface area contributed by atoms with Crippen molar-refractivity contribution in [3.05, 3.63) is 79.0 Å². The van der Waals surface area contributed by atoms with Crippen molar-refractivity contribution in [2.75, 3.05) is 0 Å². The van der Waals surface area contributed by atoms with Crippen LogP contribution in [0.1, 0.15) is 58.4 Å². The fraction of sp³-hybridized carbons (Fsp3) is 0.348. The summed E-state index contributed by atoms with van der Waals surface area (Å²) in [5, 5.41) is 20.4. The molecule has 4 nitrogen and oxygen atoms in total. The van der Waals surface area contributed by atoms with Gasteiger partial charge in [-0.25, -0.2) is 4.79 Å². The molecular formula is C23H26O4S. The molecule has 5 heteroatoms. The normalized spacial score (nSPS) is 12.2. The van der Waals surface area contributed by atoms with Crippen LogP contribution in [-0.4, -0.2) is 10.2 Å². The van der Waals surface area contributed by atoms with E-state index in [1.807, 2.05) is 45.0 Å². The van der Waals surface area contributed by atoms with E-state index >= 15 is 0 Å². The fourth-order valence-electron chi connectivity index (χ4n) is 3.54. The highest BCUT2D eigenvalue weighted by atomic mass is 32.1. The van der Waals surface area contributed by atoms with Crippen molar-refractivity contribution in [3.63, 3.8) is 0 Å². The first-order chi connectivity index (χ1) is 13.4. The molecule has 148 valence electrons. The summed E-state index contributed by atoms with van der Waals surface area (Å²) >= 11 is 1.62. The van der Waals surface area contributed by atoms with Gasteiger partial charge >= 0.3 is 5.63 Å². The van der Waals surface area contributed by atoms with E-state index in [-0.39, 0.29) is 17.4 Å². The molecule has 0 aliphatic rings. The minimum Gasteiger partial charge on any atom is -0.508 e. The standard InChI is InChI=1S/C23H26O4S/c1-4-16(12-15-7-9-17(24)10-8-15)22-19(5-2)21(25)20(23(26)27-22)13-18-11-6-14(3)28-18/h6-11,16,24-25H,4-5,12-13H2,1-3H3. The van der Waals surface area contributed by atoms with Gasteiger partial charge in [-0.1, -0.05) is 26.0 Å². The molecule has 0 fully saturated rings. The highest BCUT2D eigenvalue weighted by molar-refractivity contribution is 7.11. The molecule has 1 aromatic carbocycles. The smallest absolute Gasteiger partial charge is 0.343 e. The van der Waals surface area contributed by atoms with Crippen molar-refractivity contribution >= 4 is 11.3 Å². The Bertz CT molecular complexity index is 998. The van der Waals surface area contributed by atoms with Crippen molar-refractivity contribution < 1.29 is 14.6 Å². The van der Waals surface area contributed by atoms with Crippen LogP contribution in [-0.2, 0) is 19.3 Å². The van der Waals surface area contributed by atoms with Crippen LogP contribution in [0.3, 0.4) is 0 Å². The average Bonchev–Trinajstić information content (AvgIpc) is 3.09. The highest BCUT2D eigenvalue weighted by Crippen LogP contribution is 2.34. The molecule has 2 N–H and O–H groups in total. The first-order valence-electron chi connectivity index (χ1n) is 9.63. The second-order valence-corrected chi connectivity index (χ2v) is 8.45. The maximum absolute atomic E-state index is 12.7. The average molecular weight is 399 g/mol. The van der Waals surface area contributed by atoms with Crippen LogP contribution in [0, 0.1) is 6.92 Å². The van der Waals surface area contributed by atoms with Gasteiger partial charge in [0.05, 0.1) is 5.56 Å². The number of aryl methyl sites for hydroxylation is 1. The molecule has 3 aromatic rings. The minimum absolute atomic E-state index is 0.0175. The Morgan fingerprint density at radius 2 is 1.75 bits per heavy atom. The van der Waals surface area contributed by atoms with Gasteiger partial charge in [-0.2, -0.15) is 0 Å². The number of hydrogen-bond donors (Lipinski definition) is 2. The Morgan fingerprint density at radius 1 is 1.04 bits per heavy atom. The summed E-state index contributed by atoms with van der Waals surface area (Å²) in [6, 6.07) is 11.0. The van der Waals surface area contributed by atoms with Gasteiger partial charge in [-0.05, 0) is 56.0 Å². The molecule has 0 saturated heterocycles. The van der Waals surface area contributed by atoms with Crippen LogP contribution in [0.15, 0.2) is 45.6 Å². The second kappa shape index (κ2) is 8.65. The summed E-state index contributed by atoms with van der Waals surface area (Å²) in [7, 11) is 0. The Hall–Kier alpha value is -2.53. The Balaban J connectivity index is 1.97. The van der Waals surface area contributed by atoms with E-state index in [1.165, 1.54) is 4.88 Å². The van der Waals surface area contributed by atoms with Gasteiger partial charge in [0.25, 0.3) is 0 Å². The van der Waals surface area contributed by atoms with Crippen LogP contribution in [0.4, 0.5) is 0 Å². The number of rotatable bonds is 7. The number of benzene rings is 1. The van der Waals surface area contributed by atoms with Crippen molar-refractivity contribution in [2.45, 2.75) is 52.4 Å². The topological polar surface area (TPSA) is 70.7 Å². The molecule has 1 atom stereocenters. The van der Waals surface area contributed by atoms with E-state index in [9.17, 15) is 15.0 Å². The number of hydrogen-bond acceptors (Lipinski definition) is 5. The Labute approximate surface area is 169 Å². The van der Waals surface area contributed by atoms with Crippen molar-refractivity contribution in [3.8, 4) is 11.5 Å². The first-order valence-corrected chi connectivity index (χ1v) is 10.4. The third kappa shape index (κ3) is 4.30. The maximum atomic E-state index is 12.7. The van der Waals surface area contributed by atoms with Crippen LogP contribution in [0.25, 0.3) is 0 Å². The molecule has 2 heterocycles. The lowest BCUT2D eigenvalue weighted by atomic mass is 9.90. The summed E-state index contributed by atoms with van der Waals surface area (Å²) < 4.78 is 5.78. The Morgan fingerprint density at radius 3 is 2.32 bits per heavy atom. The van der Waals surface area contributed by atoms with Gasteiger partial charge < -0.3 is 14.6 Å². The van der Waals surface area contributed by atoms with E-state index in [0.29, 0.717) is 36.1 Å². The van der Waals surface area contributed by atoms with Gasteiger partial charge in [0.1, 0.15) is 17.3 Å². The van der Waals surface area contributed by atoms with Crippen molar-refractivity contribution in [1.29, 1.82) is 0 Å². The van der Waals surface area contributed by atoms with Crippen molar-refractivity contribution in [2.24, 2.45) is 0 Å². The molecule has 3 rings (SSSR count). The summed E-state index contributed by atoms with van der Waals surface area (Å²) in [6.45, 7) is 6.03. The van der Waals surface area contributed by atoms with Crippen LogP contribution >= 0.6 is 11.3 Å². The van der Waals surface area contributed by atoms with Gasteiger partial charge in [-0.3, -0.25) is 0 Å². The largest absolute Gasteiger partial charge is 0.508 e. The van der Waals surface area contributed by atoms with E-state index < -0.39 is 5.63 Å². The molecule has 28 heavy (non-hydrogen) atoms. The molecule has 1 unspecified atom stereocenters. The number of aromatic hydroxyl groups is 2. The zero-order valence-electron chi connectivity index (χ0n) is 16.5. The number of thiophene rings is 1. The third-order valence-corrected chi connectivity index (χ3v) is 6.10. The molecule has 0 radical (unpaired) electrons. The van der Waals surface area contributed by atoms with Gasteiger partial charge in [-0.15, -0.1) is 11.3 Å². The summed E-state index contributed by atoms with van der Waals surface area (Å²) in [5.74, 6) is 0.857. The number of phenols is 1. The van der Waals surface area contributed by atoms with Crippen LogP contribution in [0.5, 0.6) is 11.5 Å². The lowest BCUT2D eigenvalue weighted by Crippen LogP contribution is -2.15. The van der Waals surface area contributed by atoms with Gasteiger partial charge in [0, 0.05) is 27.7 Å². The van der Waals surface area contributed by atoms with Crippen LogP contribution in [0.2, 0.25) is 0 Å². The summed E-state index contributed by atoms with van der Waals surface area (Å²) in [6.07, 6.45) is 2.43. The zero-order chi connectivity index (χ0) is 20.3. The Kier molecular flexibility index (Phi) is 6.25. The quantitative estimate of drug-likeness (QED) is 0.566. The minimum atomic E-state index is -0.458. The molecule has 0 aliphatic carbocycles. The van der Waals surface area contributed by atoms with E-state index in [4.69, 9.17) is 4.42 Å². The highest BCUT2D eigenvalue weighted by Gasteiger charge is 2.24. The van der Waals surface area contributed by atoms with Crippen molar-refractivity contribution in [1.82, 2.24) is 0 Å². The predicted molar refractivity (Wildman–Crippen MR) is 113 cm³/mol. The molecule has 0 spiro atoms. The molecule has 2 aromatic heterocycles.